The second-order valence-corrected chi connectivity index (χ2v) is 5.47. The minimum Gasteiger partial charge on any atom is -0.399 e. The molecule has 0 bridgehead atoms. The van der Waals surface area contributed by atoms with Crippen LogP contribution in [0.25, 0.3) is 0 Å². The summed E-state index contributed by atoms with van der Waals surface area (Å²) in [7, 11) is 0. The monoisotopic (exact) mass is 316 g/mol. The van der Waals surface area contributed by atoms with Crippen molar-refractivity contribution < 1.29 is 10.2 Å². The van der Waals surface area contributed by atoms with Gasteiger partial charge in [-0.15, -0.1) is 0 Å². The molecule has 0 saturated heterocycles. The summed E-state index contributed by atoms with van der Waals surface area (Å²) in [5, 5.41) is 18.7. The SMILES string of the molecule is Nc1ccc(N)c(CN(CCO)c2ccc(N)cc2CCO)c1. The summed E-state index contributed by atoms with van der Waals surface area (Å²) in [5.74, 6) is 0. The van der Waals surface area contributed by atoms with E-state index in [0.717, 1.165) is 16.8 Å². The van der Waals surface area contributed by atoms with Crippen molar-refractivity contribution in [2.75, 3.05) is 41.9 Å². The number of anilines is 4. The first-order valence-electron chi connectivity index (χ1n) is 7.54. The molecule has 0 unspecified atom stereocenters. The normalized spacial score (nSPS) is 10.7. The average molecular weight is 316 g/mol. The molecule has 0 aliphatic heterocycles. The van der Waals surface area contributed by atoms with E-state index in [2.05, 4.69) is 0 Å². The Hall–Kier alpha value is -2.44. The zero-order valence-electron chi connectivity index (χ0n) is 13.1. The highest BCUT2D eigenvalue weighted by Crippen LogP contribution is 2.27. The maximum atomic E-state index is 9.40. The summed E-state index contributed by atoms with van der Waals surface area (Å²) in [6, 6.07) is 10.9. The number of nitrogen functional groups attached to an aromatic ring is 3. The van der Waals surface area contributed by atoms with E-state index in [1.165, 1.54) is 0 Å². The van der Waals surface area contributed by atoms with Gasteiger partial charge in [0.1, 0.15) is 0 Å². The number of hydrogen-bond donors (Lipinski definition) is 5. The van der Waals surface area contributed by atoms with Crippen molar-refractivity contribution in [2.45, 2.75) is 13.0 Å². The number of nitrogens with zero attached hydrogens (tertiary/aromatic N) is 1. The van der Waals surface area contributed by atoms with Gasteiger partial charge in [0.15, 0.2) is 0 Å². The third-order valence-corrected chi connectivity index (χ3v) is 3.72. The van der Waals surface area contributed by atoms with Crippen LogP contribution < -0.4 is 22.1 Å². The van der Waals surface area contributed by atoms with E-state index in [9.17, 15) is 10.2 Å². The first kappa shape index (κ1) is 16.9. The molecule has 0 amide bonds. The maximum Gasteiger partial charge on any atom is 0.0606 e. The Morgan fingerprint density at radius 3 is 2.13 bits per heavy atom. The Kier molecular flexibility index (Phi) is 5.67. The number of rotatable bonds is 7. The van der Waals surface area contributed by atoms with E-state index in [1.807, 2.05) is 29.2 Å². The first-order chi connectivity index (χ1) is 11.0. The molecule has 0 aliphatic rings. The van der Waals surface area contributed by atoms with Gasteiger partial charge < -0.3 is 32.3 Å². The van der Waals surface area contributed by atoms with E-state index >= 15 is 0 Å². The lowest BCUT2D eigenvalue weighted by atomic mass is 10.1. The molecular formula is C17H24N4O2. The van der Waals surface area contributed by atoms with Gasteiger partial charge in [0, 0.05) is 42.4 Å². The highest BCUT2D eigenvalue weighted by atomic mass is 16.3. The Labute approximate surface area is 136 Å². The predicted molar refractivity (Wildman–Crippen MR) is 95.0 cm³/mol. The fourth-order valence-corrected chi connectivity index (χ4v) is 2.61. The Balaban J connectivity index is 2.36. The van der Waals surface area contributed by atoms with Crippen LogP contribution in [-0.4, -0.2) is 30.0 Å². The van der Waals surface area contributed by atoms with Crippen molar-refractivity contribution in [1.29, 1.82) is 0 Å². The van der Waals surface area contributed by atoms with Crippen molar-refractivity contribution in [3.8, 4) is 0 Å². The van der Waals surface area contributed by atoms with Gasteiger partial charge in [0.25, 0.3) is 0 Å². The molecule has 0 heterocycles. The van der Waals surface area contributed by atoms with Crippen LogP contribution in [0.1, 0.15) is 11.1 Å². The van der Waals surface area contributed by atoms with Crippen LogP contribution >= 0.6 is 0 Å². The average Bonchev–Trinajstić information content (AvgIpc) is 2.51. The van der Waals surface area contributed by atoms with Crippen LogP contribution in [0.15, 0.2) is 36.4 Å². The fraction of sp³-hybridized carbons (Fsp3) is 0.294. The summed E-state index contributed by atoms with van der Waals surface area (Å²) >= 11 is 0. The molecule has 23 heavy (non-hydrogen) atoms. The quantitative estimate of drug-likeness (QED) is 0.485. The van der Waals surface area contributed by atoms with Crippen LogP contribution in [-0.2, 0) is 13.0 Å². The number of hydrogen-bond acceptors (Lipinski definition) is 6. The fourth-order valence-electron chi connectivity index (χ4n) is 2.61. The number of benzene rings is 2. The topological polar surface area (TPSA) is 122 Å². The van der Waals surface area contributed by atoms with Crippen molar-refractivity contribution in [1.82, 2.24) is 0 Å². The minimum atomic E-state index is 0.00512. The third kappa shape index (κ3) is 4.28. The van der Waals surface area contributed by atoms with Crippen molar-refractivity contribution in [3.05, 3.63) is 47.5 Å². The molecular weight excluding hydrogens is 292 g/mol. The lowest BCUT2D eigenvalue weighted by Gasteiger charge is -2.27. The van der Waals surface area contributed by atoms with Crippen LogP contribution in [0.3, 0.4) is 0 Å². The van der Waals surface area contributed by atoms with E-state index in [4.69, 9.17) is 17.2 Å². The molecule has 124 valence electrons. The molecule has 2 rings (SSSR count). The lowest BCUT2D eigenvalue weighted by Crippen LogP contribution is -2.27. The van der Waals surface area contributed by atoms with Crippen LogP contribution in [0.2, 0.25) is 0 Å². The van der Waals surface area contributed by atoms with Gasteiger partial charge in [-0.2, -0.15) is 0 Å². The van der Waals surface area contributed by atoms with Crippen LogP contribution in [0, 0.1) is 0 Å². The smallest absolute Gasteiger partial charge is 0.0606 e. The van der Waals surface area contributed by atoms with Crippen LogP contribution in [0.4, 0.5) is 22.7 Å². The van der Waals surface area contributed by atoms with Crippen molar-refractivity contribution >= 4 is 22.7 Å². The molecule has 2 aromatic rings. The molecule has 0 atom stereocenters. The predicted octanol–water partition coefficient (Wildman–Crippen LogP) is 0.967. The zero-order valence-corrected chi connectivity index (χ0v) is 13.1. The van der Waals surface area contributed by atoms with Crippen molar-refractivity contribution in [2.24, 2.45) is 0 Å². The summed E-state index contributed by atoms with van der Waals surface area (Å²) in [6.07, 6.45) is 0.495. The Bertz CT molecular complexity index is 661. The zero-order chi connectivity index (χ0) is 16.8. The summed E-state index contributed by atoms with van der Waals surface area (Å²) in [5.41, 5.74) is 22.4. The lowest BCUT2D eigenvalue weighted by molar-refractivity contribution is 0.298. The van der Waals surface area contributed by atoms with E-state index < -0.39 is 0 Å². The molecule has 2 aromatic carbocycles. The second kappa shape index (κ2) is 7.71. The molecule has 0 radical (unpaired) electrons. The Morgan fingerprint density at radius 1 is 0.826 bits per heavy atom. The van der Waals surface area contributed by atoms with E-state index in [0.29, 0.717) is 36.6 Å². The first-order valence-corrected chi connectivity index (χ1v) is 7.54. The number of nitrogens with two attached hydrogens (primary N) is 3. The highest BCUT2D eigenvalue weighted by molar-refractivity contribution is 5.62. The standard InChI is InChI=1S/C17H24N4O2/c18-14-1-3-16(20)13(10-14)11-21(6-8-23)17-4-2-15(19)9-12(17)5-7-22/h1-4,9-10,22-23H,5-8,11,18-20H2. The van der Waals surface area contributed by atoms with Crippen molar-refractivity contribution in [3.63, 3.8) is 0 Å². The van der Waals surface area contributed by atoms with Gasteiger partial charge in [-0.25, -0.2) is 0 Å². The summed E-state index contributed by atoms with van der Waals surface area (Å²) < 4.78 is 0. The Morgan fingerprint density at radius 2 is 1.48 bits per heavy atom. The van der Waals surface area contributed by atoms with Gasteiger partial charge in [-0.05, 0) is 53.9 Å². The largest absolute Gasteiger partial charge is 0.399 e. The summed E-state index contributed by atoms with van der Waals surface area (Å²) in [4.78, 5) is 2.01. The van der Waals surface area contributed by atoms with Gasteiger partial charge >= 0.3 is 0 Å². The van der Waals surface area contributed by atoms with Gasteiger partial charge in [0.05, 0.1) is 6.61 Å². The second-order valence-electron chi connectivity index (χ2n) is 5.47. The summed E-state index contributed by atoms with van der Waals surface area (Å²) in [6.45, 7) is 0.991. The molecule has 0 spiro atoms. The van der Waals surface area contributed by atoms with Gasteiger partial charge in [-0.1, -0.05) is 0 Å². The van der Waals surface area contributed by atoms with E-state index in [1.54, 1.807) is 12.1 Å². The minimum absolute atomic E-state index is 0.00512. The molecule has 6 nitrogen and oxygen atoms in total. The van der Waals surface area contributed by atoms with Crippen LogP contribution in [0.5, 0.6) is 0 Å². The molecule has 6 heteroatoms. The molecule has 0 saturated carbocycles. The number of aliphatic hydroxyl groups is 2. The highest BCUT2D eigenvalue weighted by Gasteiger charge is 2.13. The van der Waals surface area contributed by atoms with E-state index in [-0.39, 0.29) is 13.2 Å². The molecule has 0 fully saturated rings. The number of aliphatic hydroxyl groups excluding tert-OH is 2. The van der Waals surface area contributed by atoms with Gasteiger partial charge in [-0.3, -0.25) is 0 Å². The molecule has 0 aliphatic carbocycles. The maximum absolute atomic E-state index is 9.40. The molecule has 8 N–H and O–H groups in total. The van der Waals surface area contributed by atoms with Gasteiger partial charge in [0.2, 0.25) is 0 Å². The molecule has 0 aromatic heterocycles. The third-order valence-electron chi connectivity index (χ3n) is 3.72.